The van der Waals surface area contributed by atoms with Gasteiger partial charge in [-0.05, 0) is 46.1 Å². The van der Waals surface area contributed by atoms with Gasteiger partial charge in [-0.1, -0.05) is 23.7 Å². The minimum Gasteiger partial charge on any atom is -0.447 e. The Morgan fingerprint density at radius 2 is 2.14 bits per heavy atom. The maximum Gasteiger partial charge on any atom is 0.412 e. The van der Waals surface area contributed by atoms with Crippen molar-refractivity contribution in [2.24, 2.45) is 0 Å². The van der Waals surface area contributed by atoms with Crippen molar-refractivity contribution < 1.29 is 18.7 Å². The molecule has 0 bridgehead atoms. The second-order valence-electron chi connectivity index (χ2n) is 5.75. The Morgan fingerprint density at radius 3 is 2.89 bits per heavy atom. The molecule has 2 amide bonds. The fraction of sp³-hybridized carbons (Fsp3) is 0.278. The first-order valence-electron chi connectivity index (χ1n) is 8.33. The molecule has 0 radical (unpaired) electrons. The quantitative estimate of drug-likeness (QED) is 0.511. The van der Waals surface area contributed by atoms with Gasteiger partial charge in [-0.25, -0.2) is 14.2 Å². The number of rotatable bonds is 8. The third-order valence-corrected chi connectivity index (χ3v) is 4.82. The van der Waals surface area contributed by atoms with E-state index < -0.39 is 11.9 Å². The van der Waals surface area contributed by atoms with Gasteiger partial charge in [0.15, 0.2) is 0 Å². The summed E-state index contributed by atoms with van der Waals surface area (Å²) >= 11 is 9.16. The molecule has 7 nitrogen and oxygen atoms in total. The van der Waals surface area contributed by atoms with Gasteiger partial charge in [0.1, 0.15) is 18.2 Å². The highest BCUT2D eigenvalue weighted by atomic mass is 79.9. The summed E-state index contributed by atoms with van der Waals surface area (Å²) < 4.78 is 19.1. The molecule has 2 aromatic rings. The summed E-state index contributed by atoms with van der Waals surface area (Å²) in [4.78, 5) is 27.5. The van der Waals surface area contributed by atoms with Crippen LogP contribution in [-0.4, -0.2) is 36.7 Å². The Labute approximate surface area is 175 Å². The Hall–Kier alpha value is -2.23. The monoisotopic (exact) mass is 472 g/mol. The van der Waals surface area contributed by atoms with E-state index in [-0.39, 0.29) is 37.2 Å². The third kappa shape index (κ3) is 7.06. The van der Waals surface area contributed by atoms with Crippen molar-refractivity contribution >= 4 is 45.3 Å². The second-order valence-corrected chi connectivity index (χ2v) is 6.98. The number of amides is 2. The molecular formula is C18H19BrClFN4O3. The van der Waals surface area contributed by atoms with E-state index in [1.807, 2.05) is 6.92 Å². The molecule has 0 spiro atoms. The molecule has 0 aliphatic rings. The standard InChI is InChI=1S/C18H19BrClFN4O3/c1-11-7-15(24-9-13(11)19)25-18(27)28-6-5-23-16(26)10-22-8-12-3-2-4-14(21)17(12)20/h2-4,7,9,22H,5-6,8,10H2,1H3,(H,23,26)(H,24,25,27). The predicted octanol–water partition coefficient (Wildman–Crippen LogP) is 3.40. The Bertz CT molecular complexity index is 854. The molecule has 1 heterocycles. The van der Waals surface area contributed by atoms with Crippen molar-refractivity contribution in [1.82, 2.24) is 15.6 Å². The third-order valence-electron chi connectivity index (χ3n) is 3.57. The van der Waals surface area contributed by atoms with Crippen LogP contribution in [0.1, 0.15) is 11.1 Å². The number of hydrogen-bond acceptors (Lipinski definition) is 5. The summed E-state index contributed by atoms with van der Waals surface area (Å²) in [5.74, 6) is -0.425. The van der Waals surface area contributed by atoms with E-state index in [2.05, 4.69) is 36.9 Å². The zero-order chi connectivity index (χ0) is 20.5. The minimum absolute atomic E-state index is 0.00279. The summed E-state index contributed by atoms with van der Waals surface area (Å²) in [6.07, 6.45) is 0.914. The van der Waals surface area contributed by atoms with Crippen LogP contribution in [0.2, 0.25) is 5.02 Å². The first kappa shape index (κ1) is 22.1. The maximum absolute atomic E-state index is 13.3. The molecule has 1 aromatic heterocycles. The number of anilines is 1. The predicted molar refractivity (Wildman–Crippen MR) is 108 cm³/mol. The normalized spacial score (nSPS) is 10.4. The lowest BCUT2D eigenvalue weighted by atomic mass is 10.2. The number of benzene rings is 1. The zero-order valence-electron chi connectivity index (χ0n) is 15.0. The van der Waals surface area contributed by atoms with Crippen LogP contribution in [0.4, 0.5) is 15.0 Å². The lowest BCUT2D eigenvalue weighted by Crippen LogP contribution is -2.36. The van der Waals surface area contributed by atoms with Gasteiger partial charge in [-0.3, -0.25) is 10.1 Å². The average molecular weight is 474 g/mol. The van der Waals surface area contributed by atoms with Crippen LogP contribution in [0.15, 0.2) is 34.9 Å². The number of carbonyl (C=O) groups excluding carboxylic acids is 2. The first-order valence-corrected chi connectivity index (χ1v) is 9.50. The van der Waals surface area contributed by atoms with E-state index in [1.54, 1.807) is 24.4 Å². The number of nitrogens with zero attached hydrogens (tertiary/aromatic N) is 1. The SMILES string of the molecule is Cc1cc(NC(=O)OCCNC(=O)CNCc2cccc(F)c2Cl)ncc1Br. The molecule has 0 saturated carbocycles. The topological polar surface area (TPSA) is 92.4 Å². The lowest BCUT2D eigenvalue weighted by Gasteiger charge is -2.09. The van der Waals surface area contributed by atoms with Crippen molar-refractivity contribution in [3.05, 3.63) is 56.9 Å². The van der Waals surface area contributed by atoms with Gasteiger partial charge in [0, 0.05) is 17.2 Å². The van der Waals surface area contributed by atoms with Crippen LogP contribution < -0.4 is 16.0 Å². The molecule has 0 saturated heterocycles. The summed E-state index contributed by atoms with van der Waals surface area (Å²) in [6.45, 7) is 2.29. The fourth-order valence-corrected chi connectivity index (χ4v) is 2.55. The van der Waals surface area contributed by atoms with Gasteiger partial charge < -0.3 is 15.4 Å². The Balaban J connectivity index is 1.60. The molecule has 10 heteroatoms. The number of hydrogen-bond donors (Lipinski definition) is 3. The van der Waals surface area contributed by atoms with E-state index in [1.165, 1.54) is 6.07 Å². The van der Waals surface area contributed by atoms with E-state index in [9.17, 15) is 14.0 Å². The lowest BCUT2D eigenvalue weighted by molar-refractivity contribution is -0.120. The van der Waals surface area contributed by atoms with E-state index in [4.69, 9.17) is 16.3 Å². The Kier molecular flexibility index (Phi) is 8.62. The van der Waals surface area contributed by atoms with Gasteiger partial charge in [-0.15, -0.1) is 0 Å². The van der Waals surface area contributed by atoms with E-state index in [0.717, 1.165) is 10.0 Å². The molecule has 0 unspecified atom stereocenters. The van der Waals surface area contributed by atoms with Crippen molar-refractivity contribution in [2.45, 2.75) is 13.5 Å². The van der Waals surface area contributed by atoms with E-state index in [0.29, 0.717) is 11.4 Å². The number of ether oxygens (including phenoxy) is 1. The smallest absolute Gasteiger partial charge is 0.412 e. The van der Waals surface area contributed by atoms with E-state index >= 15 is 0 Å². The minimum atomic E-state index is -0.664. The van der Waals surface area contributed by atoms with Crippen LogP contribution in [0.5, 0.6) is 0 Å². The molecular weight excluding hydrogens is 455 g/mol. The molecule has 2 rings (SSSR count). The Morgan fingerprint density at radius 1 is 1.36 bits per heavy atom. The van der Waals surface area contributed by atoms with Crippen LogP contribution >= 0.6 is 27.5 Å². The van der Waals surface area contributed by atoms with Crippen LogP contribution in [0.3, 0.4) is 0 Å². The number of carbonyl (C=O) groups is 2. The number of nitrogens with one attached hydrogen (secondary N) is 3. The molecule has 0 aliphatic carbocycles. The highest BCUT2D eigenvalue weighted by Gasteiger charge is 2.08. The highest BCUT2D eigenvalue weighted by Crippen LogP contribution is 2.19. The summed E-state index contributed by atoms with van der Waals surface area (Å²) in [6, 6.07) is 6.18. The molecule has 150 valence electrons. The molecule has 28 heavy (non-hydrogen) atoms. The molecule has 0 aliphatic heterocycles. The fourth-order valence-electron chi connectivity index (χ4n) is 2.14. The first-order chi connectivity index (χ1) is 13.4. The molecule has 1 aromatic carbocycles. The number of aryl methyl sites for hydroxylation is 1. The molecule has 3 N–H and O–H groups in total. The summed E-state index contributed by atoms with van der Waals surface area (Å²) in [5, 5.41) is 7.99. The van der Waals surface area contributed by atoms with Gasteiger partial charge in [0.25, 0.3) is 0 Å². The summed E-state index contributed by atoms with van der Waals surface area (Å²) in [5.41, 5.74) is 1.48. The van der Waals surface area contributed by atoms with Crippen LogP contribution in [0.25, 0.3) is 0 Å². The second kappa shape index (κ2) is 10.9. The zero-order valence-corrected chi connectivity index (χ0v) is 17.4. The molecule has 0 atom stereocenters. The molecule has 0 fully saturated rings. The van der Waals surface area contributed by atoms with Crippen LogP contribution in [-0.2, 0) is 16.1 Å². The highest BCUT2D eigenvalue weighted by molar-refractivity contribution is 9.10. The van der Waals surface area contributed by atoms with Crippen molar-refractivity contribution in [3.63, 3.8) is 0 Å². The maximum atomic E-state index is 13.3. The van der Waals surface area contributed by atoms with Crippen molar-refractivity contribution in [3.8, 4) is 0 Å². The van der Waals surface area contributed by atoms with Gasteiger partial charge in [0.2, 0.25) is 5.91 Å². The average Bonchev–Trinajstić information content (AvgIpc) is 2.65. The number of pyridine rings is 1. The van der Waals surface area contributed by atoms with Crippen LogP contribution in [0, 0.1) is 12.7 Å². The van der Waals surface area contributed by atoms with Crippen molar-refractivity contribution in [2.75, 3.05) is 25.0 Å². The van der Waals surface area contributed by atoms with Gasteiger partial charge in [0.05, 0.1) is 18.1 Å². The number of halogens is 3. The number of aromatic nitrogens is 1. The van der Waals surface area contributed by atoms with Gasteiger partial charge in [-0.2, -0.15) is 0 Å². The van der Waals surface area contributed by atoms with Gasteiger partial charge >= 0.3 is 6.09 Å². The van der Waals surface area contributed by atoms with Crippen molar-refractivity contribution in [1.29, 1.82) is 0 Å². The summed E-state index contributed by atoms with van der Waals surface area (Å²) in [7, 11) is 0. The largest absolute Gasteiger partial charge is 0.447 e.